The minimum absolute atomic E-state index is 0.0168. The van der Waals surface area contributed by atoms with E-state index in [1.807, 2.05) is 6.07 Å². The first kappa shape index (κ1) is 13.1. The molecule has 2 aliphatic carbocycles. The third kappa shape index (κ3) is 2.69. The van der Waals surface area contributed by atoms with Crippen LogP contribution in [0.5, 0.6) is 0 Å². The van der Waals surface area contributed by atoms with Gasteiger partial charge in [0.2, 0.25) is 0 Å². The third-order valence-corrected chi connectivity index (χ3v) is 5.01. The molecule has 0 bridgehead atoms. The Kier molecular flexibility index (Phi) is 3.88. The van der Waals surface area contributed by atoms with E-state index in [2.05, 4.69) is 18.3 Å². The van der Waals surface area contributed by atoms with Gasteiger partial charge in [0.15, 0.2) is 0 Å². The normalized spacial score (nSPS) is 30.3. The highest BCUT2D eigenvalue weighted by molar-refractivity contribution is 5.35. The maximum absolute atomic E-state index is 13.7. The topological polar surface area (TPSA) is 12.0 Å². The van der Waals surface area contributed by atoms with Gasteiger partial charge in [-0.3, -0.25) is 0 Å². The maximum atomic E-state index is 13.7. The zero-order valence-electron chi connectivity index (χ0n) is 11.8. The fourth-order valence-corrected chi connectivity index (χ4v) is 3.88. The summed E-state index contributed by atoms with van der Waals surface area (Å²) in [6, 6.07) is 6.56. The Hall–Kier alpha value is -0.890. The van der Waals surface area contributed by atoms with Gasteiger partial charge in [0, 0.05) is 12.1 Å². The van der Waals surface area contributed by atoms with E-state index in [0.717, 1.165) is 24.3 Å². The van der Waals surface area contributed by atoms with Gasteiger partial charge in [0.05, 0.1) is 0 Å². The summed E-state index contributed by atoms with van der Waals surface area (Å²) in [5, 5.41) is 3.80. The van der Waals surface area contributed by atoms with Gasteiger partial charge in [0.1, 0.15) is 5.82 Å². The summed E-state index contributed by atoms with van der Waals surface area (Å²) in [6.45, 7) is 2.30. The Morgan fingerprint density at radius 1 is 1.26 bits per heavy atom. The second-order valence-electron chi connectivity index (χ2n) is 6.20. The first-order valence-corrected chi connectivity index (χ1v) is 7.81. The Balaban J connectivity index is 1.68. The molecule has 1 saturated carbocycles. The monoisotopic (exact) mass is 261 g/mol. The van der Waals surface area contributed by atoms with Crippen molar-refractivity contribution < 1.29 is 4.39 Å². The van der Waals surface area contributed by atoms with Crippen molar-refractivity contribution >= 4 is 0 Å². The van der Waals surface area contributed by atoms with E-state index < -0.39 is 0 Å². The molecule has 0 radical (unpaired) electrons. The first-order valence-electron chi connectivity index (χ1n) is 7.81. The van der Waals surface area contributed by atoms with Crippen molar-refractivity contribution in [3.05, 3.63) is 35.1 Å². The van der Waals surface area contributed by atoms with Gasteiger partial charge >= 0.3 is 0 Å². The van der Waals surface area contributed by atoms with Gasteiger partial charge in [0.25, 0.3) is 0 Å². The molecule has 19 heavy (non-hydrogen) atoms. The van der Waals surface area contributed by atoms with Crippen LogP contribution in [0.15, 0.2) is 18.2 Å². The zero-order valence-corrected chi connectivity index (χ0v) is 11.8. The van der Waals surface area contributed by atoms with Crippen LogP contribution in [0.4, 0.5) is 4.39 Å². The molecule has 3 rings (SSSR count). The van der Waals surface area contributed by atoms with Crippen molar-refractivity contribution in [3.8, 4) is 0 Å². The molecule has 0 spiro atoms. The molecular weight excluding hydrogens is 237 g/mol. The molecule has 1 aromatic carbocycles. The summed E-state index contributed by atoms with van der Waals surface area (Å²) in [5.41, 5.74) is 2.15. The largest absolute Gasteiger partial charge is 0.307 e. The molecule has 1 nitrogen and oxygen atoms in total. The molecule has 3 atom stereocenters. The van der Waals surface area contributed by atoms with Gasteiger partial charge in [-0.05, 0) is 48.8 Å². The predicted molar refractivity (Wildman–Crippen MR) is 76.6 cm³/mol. The minimum Gasteiger partial charge on any atom is -0.307 e. The SMILES string of the molecule is CCC1CCCC(NC2CCc3c(F)cccc32)C1. The summed E-state index contributed by atoms with van der Waals surface area (Å²) in [6.07, 6.45) is 8.58. The second kappa shape index (κ2) is 5.62. The van der Waals surface area contributed by atoms with Gasteiger partial charge < -0.3 is 5.32 Å². The lowest BCUT2D eigenvalue weighted by molar-refractivity contribution is 0.261. The van der Waals surface area contributed by atoms with Crippen molar-refractivity contribution in [2.45, 2.75) is 64.0 Å². The first-order chi connectivity index (χ1) is 9.28. The van der Waals surface area contributed by atoms with Crippen LogP contribution in [-0.4, -0.2) is 6.04 Å². The number of hydrogen-bond acceptors (Lipinski definition) is 1. The van der Waals surface area contributed by atoms with Crippen LogP contribution in [0, 0.1) is 11.7 Å². The molecule has 0 amide bonds. The fourth-order valence-electron chi connectivity index (χ4n) is 3.88. The average Bonchev–Trinajstić information content (AvgIpc) is 2.84. The van der Waals surface area contributed by atoms with Crippen LogP contribution >= 0.6 is 0 Å². The van der Waals surface area contributed by atoms with E-state index >= 15 is 0 Å². The molecule has 2 aliphatic rings. The lowest BCUT2D eigenvalue weighted by Gasteiger charge is -2.31. The van der Waals surface area contributed by atoms with Gasteiger partial charge in [-0.2, -0.15) is 0 Å². The average molecular weight is 261 g/mol. The molecule has 0 aliphatic heterocycles. The predicted octanol–water partition coefficient (Wildman–Crippen LogP) is 4.37. The number of halogens is 1. The standard InChI is InChI=1S/C17H24FN/c1-2-12-5-3-6-13(11-12)19-17-10-9-14-15(17)7-4-8-16(14)18/h4,7-8,12-13,17,19H,2-3,5-6,9-11H2,1H3. The van der Waals surface area contributed by atoms with E-state index in [4.69, 9.17) is 0 Å². The number of rotatable bonds is 3. The number of benzene rings is 1. The molecule has 1 N–H and O–H groups in total. The highest BCUT2D eigenvalue weighted by Gasteiger charge is 2.28. The summed E-state index contributed by atoms with van der Waals surface area (Å²) in [5.74, 6) is 0.872. The highest BCUT2D eigenvalue weighted by Crippen LogP contribution is 2.35. The Bertz CT molecular complexity index is 443. The Morgan fingerprint density at radius 2 is 2.16 bits per heavy atom. The number of fused-ring (bicyclic) bond motifs is 1. The molecule has 104 valence electrons. The van der Waals surface area contributed by atoms with Crippen LogP contribution in [0.1, 0.15) is 62.6 Å². The molecule has 0 saturated heterocycles. The zero-order chi connectivity index (χ0) is 13.2. The molecule has 0 heterocycles. The molecule has 0 aromatic heterocycles. The molecule has 3 unspecified atom stereocenters. The van der Waals surface area contributed by atoms with Crippen molar-refractivity contribution in [2.75, 3.05) is 0 Å². The highest BCUT2D eigenvalue weighted by atomic mass is 19.1. The van der Waals surface area contributed by atoms with Gasteiger partial charge in [-0.1, -0.05) is 38.3 Å². The summed E-state index contributed by atoms with van der Waals surface area (Å²) >= 11 is 0. The smallest absolute Gasteiger partial charge is 0.126 e. The number of nitrogens with one attached hydrogen (secondary N) is 1. The van der Waals surface area contributed by atoms with Crippen molar-refractivity contribution in [3.63, 3.8) is 0 Å². The van der Waals surface area contributed by atoms with Crippen molar-refractivity contribution in [1.29, 1.82) is 0 Å². The van der Waals surface area contributed by atoms with E-state index in [0.29, 0.717) is 12.1 Å². The quantitative estimate of drug-likeness (QED) is 0.852. The van der Waals surface area contributed by atoms with E-state index in [1.54, 1.807) is 6.07 Å². The van der Waals surface area contributed by atoms with E-state index in [1.165, 1.54) is 37.7 Å². The summed E-state index contributed by atoms with van der Waals surface area (Å²) < 4.78 is 13.7. The third-order valence-electron chi connectivity index (χ3n) is 5.01. The van der Waals surface area contributed by atoms with Crippen LogP contribution in [0.3, 0.4) is 0 Å². The van der Waals surface area contributed by atoms with E-state index in [-0.39, 0.29) is 5.82 Å². The Labute approximate surface area is 115 Å². The van der Waals surface area contributed by atoms with Crippen LogP contribution < -0.4 is 5.32 Å². The summed E-state index contributed by atoms with van der Waals surface area (Å²) in [7, 11) is 0. The lowest BCUT2D eigenvalue weighted by Crippen LogP contribution is -2.36. The molecule has 2 heteroatoms. The maximum Gasteiger partial charge on any atom is 0.126 e. The van der Waals surface area contributed by atoms with Gasteiger partial charge in [-0.15, -0.1) is 0 Å². The molecule has 1 fully saturated rings. The second-order valence-corrected chi connectivity index (χ2v) is 6.20. The van der Waals surface area contributed by atoms with Crippen LogP contribution in [-0.2, 0) is 6.42 Å². The van der Waals surface area contributed by atoms with Crippen LogP contribution in [0.2, 0.25) is 0 Å². The van der Waals surface area contributed by atoms with Crippen molar-refractivity contribution in [2.24, 2.45) is 5.92 Å². The summed E-state index contributed by atoms with van der Waals surface area (Å²) in [4.78, 5) is 0. The fraction of sp³-hybridized carbons (Fsp3) is 0.647. The Morgan fingerprint density at radius 3 is 3.00 bits per heavy atom. The van der Waals surface area contributed by atoms with Crippen molar-refractivity contribution in [1.82, 2.24) is 5.32 Å². The number of hydrogen-bond donors (Lipinski definition) is 1. The molecular formula is C17H24FN. The van der Waals surface area contributed by atoms with Gasteiger partial charge in [-0.25, -0.2) is 4.39 Å². The van der Waals surface area contributed by atoms with Crippen LogP contribution in [0.25, 0.3) is 0 Å². The minimum atomic E-state index is -0.0168. The lowest BCUT2D eigenvalue weighted by atomic mass is 9.84. The molecule has 1 aromatic rings. The van der Waals surface area contributed by atoms with E-state index in [9.17, 15) is 4.39 Å².